The molecule has 0 bridgehead atoms. The average Bonchev–Trinajstić information content (AvgIpc) is 3.08. The van der Waals surface area contributed by atoms with Crippen molar-refractivity contribution >= 4 is 45.7 Å². The third-order valence-corrected chi connectivity index (χ3v) is 4.86. The van der Waals surface area contributed by atoms with E-state index in [0.29, 0.717) is 27.9 Å². The second kappa shape index (κ2) is 8.55. The molecule has 0 unspecified atom stereocenters. The molecule has 6 heteroatoms. The van der Waals surface area contributed by atoms with Crippen molar-refractivity contribution < 1.29 is 13.9 Å². The first-order valence-corrected chi connectivity index (χ1v) is 9.32. The smallest absolute Gasteiger partial charge is 0.244 e. The topological polar surface area (TPSA) is 51.5 Å². The number of allylic oxidation sites excluding steroid dienone is 1. The van der Waals surface area contributed by atoms with Crippen LogP contribution in [0.2, 0.25) is 10.0 Å². The quantitative estimate of drug-likeness (QED) is 0.389. The van der Waals surface area contributed by atoms with Gasteiger partial charge in [0.15, 0.2) is 0 Å². The monoisotopic (exact) mass is 415 g/mol. The van der Waals surface area contributed by atoms with Gasteiger partial charge in [-0.25, -0.2) is 0 Å². The van der Waals surface area contributed by atoms with Gasteiger partial charge in [0.25, 0.3) is 0 Å². The summed E-state index contributed by atoms with van der Waals surface area (Å²) in [5.41, 5.74) is 3.85. The number of halogens is 2. The maximum absolute atomic E-state index is 12.0. The van der Waals surface area contributed by atoms with Gasteiger partial charge in [0.05, 0.1) is 18.4 Å². The number of fused-ring (bicyclic) bond motifs is 1. The fourth-order valence-corrected chi connectivity index (χ4v) is 3.46. The highest BCUT2D eigenvalue weighted by Crippen LogP contribution is 2.40. The lowest BCUT2D eigenvalue weighted by molar-refractivity contribution is -0.116. The predicted molar refractivity (Wildman–Crippen MR) is 115 cm³/mol. The molecule has 3 aromatic rings. The van der Waals surface area contributed by atoms with E-state index in [1.165, 1.54) is 6.08 Å². The molecule has 144 valence electrons. The summed E-state index contributed by atoms with van der Waals surface area (Å²) in [5, 5.41) is 4.68. The fourth-order valence-electron chi connectivity index (χ4n) is 2.95. The zero-order valence-corrected chi connectivity index (χ0v) is 17.0. The summed E-state index contributed by atoms with van der Waals surface area (Å²) < 4.78 is 11.2. The predicted octanol–water partition coefficient (Wildman–Crippen LogP) is 6.12. The largest absolute Gasteiger partial charge is 0.496 e. The third kappa shape index (κ3) is 4.08. The molecule has 0 saturated carbocycles. The molecule has 4 nitrogen and oxygen atoms in total. The van der Waals surface area contributed by atoms with Crippen LogP contribution in [0.3, 0.4) is 0 Å². The number of methoxy groups -OCH3 is 1. The molecule has 0 fully saturated rings. The minimum absolute atomic E-state index is 0.201. The van der Waals surface area contributed by atoms with E-state index in [1.54, 1.807) is 37.6 Å². The first-order chi connectivity index (χ1) is 13.4. The molecule has 0 aliphatic heterocycles. The van der Waals surface area contributed by atoms with Crippen molar-refractivity contribution in [3.63, 3.8) is 0 Å². The summed E-state index contributed by atoms with van der Waals surface area (Å²) in [6.45, 7) is 5.85. The molecule has 3 rings (SSSR count). The van der Waals surface area contributed by atoms with Crippen LogP contribution in [0.1, 0.15) is 12.5 Å². The highest BCUT2D eigenvalue weighted by molar-refractivity contribution is 6.36. The number of hydrogen-bond donors (Lipinski definition) is 1. The Bertz CT molecular complexity index is 1080. The SMILES string of the molecule is C=CCNC(=O)/C=C(\C)c1cc2c(-c3ccc(Cl)cc3Cl)coc2cc1OC. The molecule has 0 spiro atoms. The number of carbonyl (C=O) groups excluding carboxylic acids is 1. The molecule has 2 aromatic carbocycles. The number of rotatable bonds is 6. The van der Waals surface area contributed by atoms with Crippen LogP contribution in [-0.4, -0.2) is 19.6 Å². The van der Waals surface area contributed by atoms with E-state index in [1.807, 2.05) is 19.1 Å². The second-order valence-electron chi connectivity index (χ2n) is 6.18. The average molecular weight is 416 g/mol. The maximum atomic E-state index is 12.0. The molecule has 1 N–H and O–H groups in total. The summed E-state index contributed by atoms with van der Waals surface area (Å²) >= 11 is 12.4. The zero-order valence-electron chi connectivity index (χ0n) is 15.5. The van der Waals surface area contributed by atoms with Crippen LogP contribution in [0.5, 0.6) is 5.75 Å². The molecular weight excluding hydrogens is 397 g/mol. The summed E-state index contributed by atoms with van der Waals surface area (Å²) in [6.07, 6.45) is 4.81. The van der Waals surface area contributed by atoms with Gasteiger partial charge in [-0.05, 0) is 30.7 Å². The number of nitrogens with one attached hydrogen (secondary N) is 1. The Morgan fingerprint density at radius 3 is 2.71 bits per heavy atom. The summed E-state index contributed by atoms with van der Waals surface area (Å²) in [6, 6.07) is 9.06. The molecule has 1 heterocycles. The summed E-state index contributed by atoms with van der Waals surface area (Å²) in [4.78, 5) is 12.0. The van der Waals surface area contributed by atoms with E-state index < -0.39 is 0 Å². The third-order valence-electron chi connectivity index (χ3n) is 4.31. The minimum atomic E-state index is -0.201. The van der Waals surface area contributed by atoms with Crippen molar-refractivity contribution in [2.24, 2.45) is 0 Å². The highest BCUT2D eigenvalue weighted by atomic mass is 35.5. The van der Waals surface area contributed by atoms with Gasteiger partial charge in [0, 0.05) is 45.8 Å². The Kier molecular flexibility index (Phi) is 6.12. The van der Waals surface area contributed by atoms with Crippen molar-refractivity contribution in [3.05, 3.63) is 70.9 Å². The van der Waals surface area contributed by atoms with Crippen molar-refractivity contribution in [1.29, 1.82) is 0 Å². The minimum Gasteiger partial charge on any atom is -0.496 e. The summed E-state index contributed by atoms with van der Waals surface area (Å²) in [7, 11) is 1.58. The van der Waals surface area contributed by atoms with Crippen molar-refractivity contribution in [2.45, 2.75) is 6.92 Å². The molecule has 1 aromatic heterocycles. The van der Waals surface area contributed by atoms with Crippen LogP contribution in [0.15, 0.2) is 59.7 Å². The van der Waals surface area contributed by atoms with Crippen molar-refractivity contribution in [1.82, 2.24) is 5.32 Å². The zero-order chi connectivity index (χ0) is 20.3. The number of hydrogen-bond acceptors (Lipinski definition) is 3. The van der Waals surface area contributed by atoms with Crippen LogP contribution in [0.4, 0.5) is 0 Å². The Labute approximate surface area is 173 Å². The van der Waals surface area contributed by atoms with Crippen LogP contribution in [-0.2, 0) is 4.79 Å². The Hall–Kier alpha value is -2.69. The Balaban J connectivity index is 2.12. The number of amides is 1. The van der Waals surface area contributed by atoms with Gasteiger partial charge in [-0.1, -0.05) is 35.3 Å². The van der Waals surface area contributed by atoms with Gasteiger partial charge in [-0.2, -0.15) is 0 Å². The second-order valence-corrected chi connectivity index (χ2v) is 7.03. The Morgan fingerprint density at radius 1 is 1.25 bits per heavy atom. The van der Waals surface area contributed by atoms with Gasteiger partial charge < -0.3 is 14.5 Å². The standard InChI is InChI=1S/C22H19Cl2NO3/c1-4-7-25-22(26)8-13(2)16-10-17-18(12-28-21(17)11-20(16)27-3)15-6-5-14(23)9-19(15)24/h4-6,8-12H,1,7H2,2-3H3,(H,25,26)/b13-8+. The number of benzene rings is 2. The summed E-state index contributed by atoms with van der Waals surface area (Å²) in [5.74, 6) is 0.411. The molecule has 28 heavy (non-hydrogen) atoms. The number of ether oxygens (including phenoxy) is 1. The van der Waals surface area contributed by atoms with Crippen LogP contribution in [0, 0.1) is 0 Å². The van der Waals surface area contributed by atoms with Crippen LogP contribution < -0.4 is 10.1 Å². The molecule has 0 radical (unpaired) electrons. The fraction of sp³-hybridized carbons (Fsp3) is 0.136. The molecule has 0 aliphatic carbocycles. The normalized spacial score (nSPS) is 11.5. The van der Waals surface area contributed by atoms with Crippen LogP contribution >= 0.6 is 23.2 Å². The van der Waals surface area contributed by atoms with Gasteiger partial charge in [0.2, 0.25) is 5.91 Å². The molecular formula is C22H19Cl2NO3. The van der Waals surface area contributed by atoms with Gasteiger partial charge in [-0.15, -0.1) is 6.58 Å². The van der Waals surface area contributed by atoms with Crippen molar-refractivity contribution in [3.8, 4) is 16.9 Å². The van der Waals surface area contributed by atoms with E-state index in [9.17, 15) is 4.79 Å². The van der Waals surface area contributed by atoms with E-state index in [0.717, 1.165) is 27.6 Å². The number of carbonyl (C=O) groups is 1. The Morgan fingerprint density at radius 2 is 2.04 bits per heavy atom. The first-order valence-electron chi connectivity index (χ1n) is 8.56. The van der Waals surface area contributed by atoms with Crippen LogP contribution in [0.25, 0.3) is 27.7 Å². The van der Waals surface area contributed by atoms with E-state index in [4.69, 9.17) is 32.4 Å². The van der Waals surface area contributed by atoms with Gasteiger partial charge in [0.1, 0.15) is 11.3 Å². The van der Waals surface area contributed by atoms with E-state index >= 15 is 0 Å². The molecule has 1 amide bonds. The number of furan rings is 1. The molecule has 0 atom stereocenters. The van der Waals surface area contributed by atoms with E-state index in [-0.39, 0.29) is 5.91 Å². The highest BCUT2D eigenvalue weighted by Gasteiger charge is 2.16. The van der Waals surface area contributed by atoms with Gasteiger partial charge >= 0.3 is 0 Å². The molecule has 0 saturated heterocycles. The lowest BCUT2D eigenvalue weighted by atomic mass is 9.99. The molecule has 0 aliphatic rings. The lowest BCUT2D eigenvalue weighted by Gasteiger charge is -2.10. The first kappa shape index (κ1) is 20.1. The van der Waals surface area contributed by atoms with Gasteiger partial charge in [-0.3, -0.25) is 4.79 Å². The lowest BCUT2D eigenvalue weighted by Crippen LogP contribution is -2.20. The maximum Gasteiger partial charge on any atom is 0.244 e. The van der Waals surface area contributed by atoms with Crippen molar-refractivity contribution in [2.75, 3.05) is 13.7 Å². The van der Waals surface area contributed by atoms with E-state index in [2.05, 4.69) is 11.9 Å².